The summed E-state index contributed by atoms with van der Waals surface area (Å²) in [5.74, 6) is -0.352. The largest absolute Gasteiger partial charge is 0.388 e. The molecular weight excluding hydrogens is 227 g/mol. The summed E-state index contributed by atoms with van der Waals surface area (Å²) in [7, 11) is 0. The van der Waals surface area contributed by atoms with E-state index in [9.17, 15) is 9.50 Å². The minimum absolute atomic E-state index is 0.352. The fraction of sp³-hybridized carbons (Fsp3) is 0.250. The monoisotopic (exact) mass is 244 g/mol. The number of aryl methyl sites for hydroxylation is 2. The number of hydrogen-bond acceptors (Lipinski definition) is 1. The van der Waals surface area contributed by atoms with Crippen LogP contribution in [0.2, 0.25) is 0 Å². The summed E-state index contributed by atoms with van der Waals surface area (Å²) in [6.07, 6.45) is -0.360. The third kappa shape index (κ3) is 2.77. The van der Waals surface area contributed by atoms with Crippen LogP contribution in [0.5, 0.6) is 0 Å². The van der Waals surface area contributed by atoms with E-state index in [0.717, 1.165) is 16.7 Å². The van der Waals surface area contributed by atoms with Gasteiger partial charge in [0, 0.05) is 12.0 Å². The van der Waals surface area contributed by atoms with Gasteiger partial charge in [-0.25, -0.2) is 4.39 Å². The number of halogens is 1. The molecule has 0 spiro atoms. The second-order valence-corrected chi connectivity index (χ2v) is 4.67. The van der Waals surface area contributed by atoms with E-state index in [4.69, 9.17) is 0 Å². The predicted molar refractivity (Wildman–Crippen MR) is 71.0 cm³/mol. The molecule has 2 rings (SSSR count). The second-order valence-electron chi connectivity index (χ2n) is 4.67. The molecule has 0 bridgehead atoms. The summed E-state index contributed by atoms with van der Waals surface area (Å²) in [5, 5.41) is 10.1. The molecule has 1 N–H and O–H groups in total. The summed E-state index contributed by atoms with van der Waals surface area (Å²) in [5.41, 5.74) is 3.69. The van der Waals surface area contributed by atoms with Crippen molar-refractivity contribution in [2.45, 2.75) is 26.4 Å². The fourth-order valence-corrected chi connectivity index (χ4v) is 2.08. The Labute approximate surface area is 107 Å². The van der Waals surface area contributed by atoms with Gasteiger partial charge in [0.05, 0.1) is 6.10 Å². The van der Waals surface area contributed by atoms with Crippen LogP contribution in [-0.2, 0) is 6.42 Å². The molecule has 0 radical (unpaired) electrons. The van der Waals surface area contributed by atoms with Crippen LogP contribution in [0.25, 0.3) is 0 Å². The molecule has 0 aromatic heterocycles. The number of benzene rings is 2. The minimum atomic E-state index is -0.799. The summed E-state index contributed by atoms with van der Waals surface area (Å²) < 4.78 is 13.6. The third-order valence-electron chi connectivity index (χ3n) is 3.18. The van der Waals surface area contributed by atoms with Crippen molar-refractivity contribution >= 4 is 0 Å². The molecular formula is C16H17FO. The van der Waals surface area contributed by atoms with Gasteiger partial charge in [-0.3, -0.25) is 0 Å². The Bertz CT molecular complexity index is 549. The van der Waals surface area contributed by atoms with E-state index >= 15 is 0 Å². The molecule has 0 saturated carbocycles. The number of rotatable bonds is 3. The SMILES string of the molecule is Cc1ccc(C)c(CC(O)c2ccccc2F)c1. The summed E-state index contributed by atoms with van der Waals surface area (Å²) in [4.78, 5) is 0. The first kappa shape index (κ1) is 12.8. The third-order valence-corrected chi connectivity index (χ3v) is 3.18. The van der Waals surface area contributed by atoms with Crippen LogP contribution in [0, 0.1) is 19.7 Å². The molecule has 2 aromatic rings. The van der Waals surface area contributed by atoms with Crippen molar-refractivity contribution in [1.82, 2.24) is 0 Å². The van der Waals surface area contributed by atoms with E-state index in [-0.39, 0.29) is 5.82 Å². The normalized spacial score (nSPS) is 12.4. The molecule has 94 valence electrons. The maximum Gasteiger partial charge on any atom is 0.129 e. The highest BCUT2D eigenvalue weighted by Gasteiger charge is 2.13. The lowest BCUT2D eigenvalue weighted by molar-refractivity contribution is 0.173. The van der Waals surface area contributed by atoms with E-state index in [0.29, 0.717) is 12.0 Å². The van der Waals surface area contributed by atoms with E-state index in [1.54, 1.807) is 18.2 Å². The highest BCUT2D eigenvalue weighted by Crippen LogP contribution is 2.23. The van der Waals surface area contributed by atoms with Gasteiger partial charge in [-0.05, 0) is 31.0 Å². The minimum Gasteiger partial charge on any atom is -0.388 e. The molecule has 0 aliphatic heterocycles. The van der Waals surface area contributed by atoms with Crippen molar-refractivity contribution in [2.24, 2.45) is 0 Å². The van der Waals surface area contributed by atoms with Gasteiger partial charge in [-0.1, -0.05) is 42.0 Å². The van der Waals surface area contributed by atoms with Crippen LogP contribution in [0.1, 0.15) is 28.4 Å². The summed E-state index contributed by atoms with van der Waals surface area (Å²) in [6, 6.07) is 12.5. The molecule has 2 heteroatoms. The average Bonchev–Trinajstić information content (AvgIpc) is 2.34. The Kier molecular flexibility index (Phi) is 3.78. The molecule has 18 heavy (non-hydrogen) atoms. The zero-order chi connectivity index (χ0) is 13.1. The van der Waals surface area contributed by atoms with E-state index in [1.165, 1.54) is 6.07 Å². The van der Waals surface area contributed by atoms with Gasteiger partial charge in [0.25, 0.3) is 0 Å². The van der Waals surface area contributed by atoms with Gasteiger partial charge >= 0.3 is 0 Å². The first-order chi connectivity index (χ1) is 8.58. The van der Waals surface area contributed by atoms with Crippen molar-refractivity contribution in [1.29, 1.82) is 0 Å². The van der Waals surface area contributed by atoms with Crippen LogP contribution >= 0.6 is 0 Å². The van der Waals surface area contributed by atoms with Crippen LogP contribution < -0.4 is 0 Å². The molecule has 2 aromatic carbocycles. The molecule has 1 atom stereocenters. The van der Waals surface area contributed by atoms with E-state index in [2.05, 4.69) is 0 Å². The second kappa shape index (κ2) is 5.32. The van der Waals surface area contributed by atoms with Crippen molar-refractivity contribution in [3.8, 4) is 0 Å². The smallest absolute Gasteiger partial charge is 0.129 e. The van der Waals surface area contributed by atoms with Crippen LogP contribution in [-0.4, -0.2) is 5.11 Å². The zero-order valence-corrected chi connectivity index (χ0v) is 10.7. The Morgan fingerprint density at radius 3 is 2.56 bits per heavy atom. The van der Waals surface area contributed by atoms with Gasteiger partial charge in [0.15, 0.2) is 0 Å². The standard InChI is InChI=1S/C16H17FO/c1-11-7-8-12(2)13(9-11)10-16(18)14-5-3-4-6-15(14)17/h3-9,16,18H,10H2,1-2H3. The van der Waals surface area contributed by atoms with Crippen LogP contribution in [0.15, 0.2) is 42.5 Å². The molecule has 0 fully saturated rings. The highest BCUT2D eigenvalue weighted by molar-refractivity contribution is 5.32. The molecule has 0 amide bonds. The van der Waals surface area contributed by atoms with Crippen molar-refractivity contribution in [3.05, 3.63) is 70.5 Å². The topological polar surface area (TPSA) is 20.2 Å². The van der Waals surface area contributed by atoms with Crippen LogP contribution in [0.3, 0.4) is 0 Å². The van der Waals surface area contributed by atoms with E-state index in [1.807, 2.05) is 32.0 Å². The maximum absolute atomic E-state index is 13.6. The van der Waals surface area contributed by atoms with Crippen molar-refractivity contribution in [2.75, 3.05) is 0 Å². The van der Waals surface area contributed by atoms with Gasteiger partial charge in [0.1, 0.15) is 5.82 Å². The lowest BCUT2D eigenvalue weighted by Crippen LogP contribution is -2.05. The van der Waals surface area contributed by atoms with Crippen molar-refractivity contribution < 1.29 is 9.50 Å². The number of aliphatic hydroxyl groups is 1. The first-order valence-electron chi connectivity index (χ1n) is 6.06. The van der Waals surface area contributed by atoms with Gasteiger partial charge in [-0.2, -0.15) is 0 Å². The Balaban J connectivity index is 2.24. The van der Waals surface area contributed by atoms with Gasteiger partial charge in [0.2, 0.25) is 0 Å². The van der Waals surface area contributed by atoms with Gasteiger partial charge < -0.3 is 5.11 Å². The van der Waals surface area contributed by atoms with Crippen molar-refractivity contribution in [3.63, 3.8) is 0 Å². The first-order valence-corrected chi connectivity index (χ1v) is 6.06. The summed E-state index contributed by atoms with van der Waals surface area (Å²) >= 11 is 0. The highest BCUT2D eigenvalue weighted by atomic mass is 19.1. The molecule has 1 unspecified atom stereocenters. The average molecular weight is 244 g/mol. The molecule has 0 aliphatic carbocycles. The summed E-state index contributed by atoms with van der Waals surface area (Å²) in [6.45, 7) is 4.02. The van der Waals surface area contributed by atoms with E-state index < -0.39 is 6.10 Å². The molecule has 0 saturated heterocycles. The van der Waals surface area contributed by atoms with Gasteiger partial charge in [-0.15, -0.1) is 0 Å². The molecule has 1 nitrogen and oxygen atoms in total. The molecule has 0 heterocycles. The Hall–Kier alpha value is -1.67. The van der Waals surface area contributed by atoms with Crippen LogP contribution in [0.4, 0.5) is 4.39 Å². The quantitative estimate of drug-likeness (QED) is 0.872. The Morgan fingerprint density at radius 2 is 1.83 bits per heavy atom. The predicted octanol–water partition coefficient (Wildman–Crippen LogP) is 3.72. The lowest BCUT2D eigenvalue weighted by Gasteiger charge is -2.14. The maximum atomic E-state index is 13.6. The zero-order valence-electron chi connectivity index (χ0n) is 10.7. The number of aliphatic hydroxyl groups excluding tert-OH is 1. The molecule has 0 aliphatic rings. The fourth-order valence-electron chi connectivity index (χ4n) is 2.08. The number of hydrogen-bond donors (Lipinski definition) is 1. The lowest BCUT2D eigenvalue weighted by atomic mass is 9.96. The Morgan fingerprint density at radius 1 is 1.11 bits per heavy atom.